The predicted octanol–water partition coefficient (Wildman–Crippen LogP) is 2.43. The van der Waals surface area contributed by atoms with E-state index in [2.05, 4.69) is 6.92 Å². The van der Waals surface area contributed by atoms with Gasteiger partial charge < -0.3 is 13.6 Å². The van der Waals surface area contributed by atoms with Gasteiger partial charge in [0.1, 0.15) is 12.2 Å². The summed E-state index contributed by atoms with van der Waals surface area (Å²) in [6, 6.07) is 1.69. The van der Waals surface area contributed by atoms with Gasteiger partial charge in [-0.2, -0.15) is 0 Å². The highest BCUT2D eigenvalue weighted by Gasteiger charge is 2.34. The summed E-state index contributed by atoms with van der Waals surface area (Å²) >= 11 is 0. The van der Waals surface area contributed by atoms with Crippen molar-refractivity contribution >= 4 is 20.3 Å². The fourth-order valence-corrected chi connectivity index (χ4v) is 4.74. The summed E-state index contributed by atoms with van der Waals surface area (Å²) in [7, 11) is -2.13. The number of hydrogen-bond donors (Lipinski definition) is 0. The number of ether oxygens (including phenoxy) is 1. The molecule has 0 aliphatic carbocycles. The van der Waals surface area contributed by atoms with Crippen LogP contribution in [0.1, 0.15) is 40.5 Å². The van der Waals surface area contributed by atoms with Crippen LogP contribution in [0.25, 0.3) is 0 Å². The Morgan fingerprint density at radius 3 is 2.05 bits per heavy atom. The van der Waals surface area contributed by atoms with Gasteiger partial charge in [-0.1, -0.05) is 6.92 Å². The first-order valence-electron chi connectivity index (χ1n) is 6.92. The van der Waals surface area contributed by atoms with Crippen LogP contribution in [-0.2, 0) is 23.2 Å². The van der Waals surface area contributed by atoms with Crippen LogP contribution in [0, 0.1) is 0 Å². The van der Waals surface area contributed by atoms with E-state index in [0.29, 0.717) is 26.2 Å². The number of carbonyl (C=O) groups excluding carboxylic acids is 2. The maximum atomic E-state index is 11.2. The molecule has 0 saturated carbocycles. The molecule has 0 unspecified atom stereocenters. The molecule has 0 saturated heterocycles. The van der Waals surface area contributed by atoms with Crippen molar-refractivity contribution in [2.75, 3.05) is 19.8 Å². The summed E-state index contributed by atoms with van der Waals surface area (Å²) in [5.41, 5.74) is 0. The van der Waals surface area contributed by atoms with Crippen molar-refractivity contribution < 1.29 is 23.2 Å². The van der Waals surface area contributed by atoms with Crippen molar-refractivity contribution in [1.29, 1.82) is 0 Å². The summed E-state index contributed by atoms with van der Waals surface area (Å²) in [5.74, 6) is -0.630. The Morgan fingerprint density at radius 2 is 1.63 bits per heavy atom. The van der Waals surface area contributed by atoms with Crippen molar-refractivity contribution in [3.63, 3.8) is 0 Å². The standard InChI is InChI=1S/C13H26O5Si/c1-5-17-19(7-3,18-6-2)10-8-9-16-13(15)11-12(4)14/h5-11H2,1-4H3. The van der Waals surface area contributed by atoms with Gasteiger partial charge in [-0.3, -0.25) is 9.59 Å². The second kappa shape index (κ2) is 10.1. The topological polar surface area (TPSA) is 61.8 Å². The molecule has 6 heteroatoms. The lowest BCUT2D eigenvalue weighted by molar-refractivity contribution is -0.145. The van der Waals surface area contributed by atoms with Gasteiger partial charge in [0.25, 0.3) is 0 Å². The van der Waals surface area contributed by atoms with Crippen LogP contribution in [0.5, 0.6) is 0 Å². The van der Waals surface area contributed by atoms with Crippen molar-refractivity contribution in [2.45, 2.75) is 52.6 Å². The van der Waals surface area contributed by atoms with Gasteiger partial charge in [0.2, 0.25) is 0 Å². The molecule has 0 atom stereocenters. The van der Waals surface area contributed by atoms with E-state index in [-0.39, 0.29) is 12.2 Å². The largest absolute Gasteiger partial charge is 0.465 e. The smallest absolute Gasteiger partial charge is 0.337 e. The highest BCUT2D eigenvalue weighted by Crippen LogP contribution is 2.20. The molecule has 0 aromatic rings. The molecule has 0 aromatic heterocycles. The molecule has 0 heterocycles. The monoisotopic (exact) mass is 290 g/mol. The van der Waals surface area contributed by atoms with Gasteiger partial charge in [-0.25, -0.2) is 0 Å². The SMILES string of the molecule is CCO[Si](CC)(CCCOC(=O)CC(C)=O)OCC. The third-order valence-corrected chi connectivity index (χ3v) is 6.53. The van der Waals surface area contributed by atoms with Gasteiger partial charge in [0, 0.05) is 13.2 Å². The molecule has 0 fully saturated rings. The average Bonchev–Trinajstić information content (AvgIpc) is 2.34. The van der Waals surface area contributed by atoms with Crippen molar-refractivity contribution in [2.24, 2.45) is 0 Å². The maximum absolute atomic E-state index is 11.2. The zero-order valence-electron chi connectivity index (χ0n) is 12.5. The van der Waals surface area contributed by atoms with Crippen LogP contribution >= 0.6 is 0 Å². The Morgan fingerprint density at radius 1 is 1.05 bits per heavy atom. The molecule has 19 heavy (non-hydrogen) atoms. The minimum atomic E-state index is -2.13. The van der Waals surface area contributed by atoms with Gasteiger partial charge in [0.15, 0.2) is 0 Å². The summed E-state index contributed by atoms with van der Waals surface area (Å²) in [6.07, 6.45) is 0.566. The Bertz CT molecular complexity index is 274. The number of hydrogen-bond acceptors (Lipinski definition) is 5. The van der Waals surface area contributed by atoms with Crippen molar-refractivity contribution in [3.8, 4) is 0 Å². The minimum Gasteiger partial charge on any atom is -0.465 e. The Kier molecular flexibility index (Phi) is 9.73. The number of esters is 1. The number of rotatable bonds is 11. The zero-order chi connectivity index (χ0) is 14.7. The van der Waals surface area contributed by atoms with Crippen molar-refractivity contribution in [3.05, 3.63) is 0 Å². The lowest BCUT2D eigenvalue weighted by atomic mass is 10.3. The quantitative estimate of drug-likeness (QED) is 0.253. The molecule has 0 amide bonds. The maximum Gasteiger partial charge on any atom is 0.337 e. The molecule has 0 rings (SSSR count). The molecule has 0 aliphatic rings. The van der Waals surface area contributed by atoms with Crippen LogP contribution in [0.15, 0.2) is 0 Å². The summed E-state index contributed by atoms with van der Waals surface area (Å²) in [6.45, 7) is 8.97. The Hall–Kier alpha value is -0.723. The van der Waals surface area contributed by atoms with E-state index in [1.807, 2.05) is 13.8 Å². The Labute approximate surface area is 116 Å². The van der Waals surface area contributed by atoms with Gasteiger partial charge in [0.05, 0.1) is 6.61 Å². The molecule has 0 spiro atoms. The fourth-order valence-electron chi connectivity index (χ4n) is 1.87. The van der Waals surface area contributed by atoms with E-state index in [9.17, 15) is 9.59 Å². The molecular weight excluding hydrogens is 264 g/mol. The van der Waals surface area contributed by atoms with Crippen LogP contribution < -0.4 is 0 Å². The molecule has 112 valence electrons. The zero-order valence-corrected chi connectivity index (χ0v) is 13.5. The predicted molar refractivity (Wildman–Crippen MR) is 75.2 cm³/mol. The second-order valence-electron chi connectivity index (χ2n) is 4.33. The highest BCUT2D eigenvalue weighted by atomic mass is 28.4. The van der Waals surface area contributed by atoms with E-state index < -0.39 is 14.5 Å². The molecule has 0 aromatic carbocycles. The van der Waals surface area contributed by atoms with E-state index in [0.717, 1.165) is 12.1 Å². The van der Waals surface area contributed by atoms with Gasteiger partial charge in [-0.05, 0) is 39.3 Å². The second-order valence-corrected chi connectivity index (χ2v) is 7.94. The van der Waals surface area contributed by atoms with E-state index in [1.54, 1.807) is 0 Å². The normalized spacial score (nSPS) is 11.4. The Balaban J connectivity index is 4.05. The number of ketones is 1. The van der Waals surface area contributed by atoms with Crippen LogP contribution in [0.4, 0.5) is 0 Å². The average molecular weight is 290 g/mol. The lowest BCUT2D eigenvalue weighted by Gasteiger charge is -2.28. The van der Waals surface area contributed by atoms with Crippen LogP contribution in [0.3, 0.4) is 0 Å². The summed E-state index contributed by atoms with van der Waals surface area (Å²) in [4.78, 5) is 21.9. The molecule has 5 nitrogen and oxygen atoms in total. The van der Waals surface area contributed by atoms with E-state index in [1.165, 1.54) is 6.92 Å². The molecular formula is C13H26O5Si. The first-order chi connectivity index (χ1) is 8.99. The summed E-state index contributed by atoms with van der Waals surface area (Å²) < 4.78 is 16.6. The summed E-state index contributed by atoms with van der Waals surface area (Å²) in [5, 5.41) is 0. The molecule has 0 N–H and O–H groups in total. The molecule has 0 bridgehead atoms. The number of Topliss-reactive ketones (excluding diaryl/α,β-unsaturated/α-hetero) is 1. The third kappa shape index (κ3) is 8.13. The van der Waals surface area contributed by atoms with Crippen LogP contribution in [0.2, 0.25) is 12.1 Å². The van der Waals surface area contributed by atoms with E-state index in [4.69, 9.17) is 13.6 Å². The number of carbonyl (C=O) groups is 2. The van der Waals surface area contributed by atoms with Crippen molar-refractivity contribution in [1.82, 2.24) is 0 Å². The first-order valence-corrected chi connectivity index (χ1v) is 9.15. The van der Waals surface area contributed by atoms with Crippen LogP contribution in [-0.4, -0.2) is 40.1 Å². The molecule has 0 aliphatic heterocycles. The van der Waals surface area contributed by atoms with Gasteiger partial charge in [-0.15, -0.1) is 0 Å². The first kappa shape index (κ1) is 18.3. The van der Waals surface area contributed by atoms with Gasteiger partial charge >= 0.3 is 14.5 Å². The van der Waals surface area contributed by atoms with E-state index >= 15 is 0 Å². The third-order valence-electron chi connectivity index (χ3n) is 2.71. The minimum absolute atomic E-state index is 0.146. The highest BCUT2D eigenvalue weighted by molar-refractivity contribution is 6.67. The fraction of sp³-hybridized carbons (Fsp3) is 0.846. The lowest BCUT2D eigenvalue weighted by Crippen LogP contribution is -2.41. The molecule has 0 radical (unpaired) electrons.